The van der Waals surface area contributed by atoms with E-state index >= 15 is 0 Å². The first-order chi connectivity index (χ1) is 15.5. The van der Waals surface area contributed by atoms with E-state index in [1.165, 1.54) is 11.3 Å². The topological polar surface area (TPSA) is 75.2 Å². The summed E-state index contributed by atoms with van der Waals surface area (Å²) in [4.78, 5) is 26.9. The number of hydrogen-bond donors (Lipinski definition) is 1. The number of benzene rings is 2. The predicted molar refractivity (Wildman–Crippen MR) is 133 cm³/mol. The quantitative estimate of drug-likeness (QED) is 0.312. The molecule has 166 valence electrons. The summed E-state index contributed by atoms with van der Waals surface area (Å²) in [6.07, 6.45) is 1.06. The largest absolute Gasteiger partial charge is 0.322 e. The van der Waals surface area contributed by atoms with Gasteiger partial charge in [-0.25, -0.2) is 0 Å². The van der Waals surface area contributed by atoms with Crippen LogP contribution in [0.3, 0.4) is 0 Å². The normalized spacial score (nSPS) is 15.9. The second-order valence-corrected chi connectivity index (χ2v) is 10.9. The van der Waals surface area contributed by atoms with Crippen LogP contribution in [-0.2, 0) is 11.3 Å². The number of nitrogens with zero attached hydrogens (tertiary/aromatic N) is 3. The Labute approximate surface area is 204 Å². The van der Waals surface area contributed by atoms with Crippen LogP contribution in [-0.4, -0.2) is 38.4 Å². The van der Waals surface area contributed by atoms with Gasteiger partial charge in [-0.2, -0.15) is 0 Å². The minimum atomic E-state index is -0.229. The number of anilines is 1. The van der Waals surface area contributed by atoms with Crippen LogP contribution in [0, 0.1) is 0 Å². The highest BCUT2D eigenvalue weighted by molar-refractivity contribution is 8.01. The molecule has 0 radical (unpaired) electrons. The maximum atomic E-state index is 12.6. The van der Waals surface area contributed by atoms with Gasteiger partial charge in [0.25, 0.3) is 5.91 Å². The fraction of sp³-hybridized carbons (Fsp3) is 0.273. The van der Waals surface area contributed by atoms with Crippen LogP contribution in [0.25, 0.3) is 0 Å². The molecule has 0 saturated carbocycles. The van der Waals surface area contributed by atoms with Crippen molar-refractivity contribution in [1.82, 2.24) is 15.1 Å². The van der Waals surface area contributed by atoms with Crippen LogP contribution in [0.4, 0.5) is 5.13 Å². The van der Waals surface area contributed by atoms with Crippen molar-refractivity contribution in [1.29, 1.82) is 0 Å². The third kappa shape index (κ3) is 5.64. The number of aromatic nitrogens is 2. The van der Waals surface area contributed by atoms with Gasteiger partial charge in [0.15, 0.2) is 4.34 Å². The molecule has 1 saturated heterocycles. The number of rotatable bonds is 8. The number of halogens is 1. The van der Waals surface area contributed by atoms with E-state index < -0.39 is 0 Å². The molecule has 1 aliphatic heterocycles. The highest BCUT2D eigenvalue weighted by Gasteiger charge is 2.32. The monoisotopic (exact) mass is 504 g/mol. The van der Waals surface area contributed by atoms with Crippen LogP contribution < -0.4 is 5.32 Å². The molecular formula is C22H21ClN4O2S3. The first kappa shape index (κ1) is 23.1. The van der Waals surface area contributed by atoms with Crippen molar-refractivity contribution in [2.75, 3.05) is 16.8 Å². The van der Waals surface area contributed by atoms with E-state index in [0.717, 1.165) is 27.6 Å². The number of nitrogens with one attached hydrogen (secondary N) is 1. The third-order valence-corrected chi connectivity index (χ3v) is 8.43. The van der Waals surface area contributed by atoms with Gasteiger partial charge in [0.1, 0.15) is 5.37 Å². The fourth-order valence-electron chi connectivity index (χ4n) is 3.16. The van der Waals surface area contributed by atoms with E-state index in [1.807, 2.05) is 41.3 Å². The highest BCUT2D eigenvalue weighted by atomic mass is 35.5. The molecule has 0 unspecified atom stereocenters. The zero-order valence-electron chi connectivity index (χ0n) is 17.3. The molecule has 0 spiro atoms. The van der Waals surface area contributed by atoms with Gasteiger partial charge in [-0.05, 0) is 41.8 Å². The summed E-state index contributed by atoms with van der Waals surface area (Å²) in [6.45, 7) is 2.63. The van der Waals surface area contributed by atoms with Crippen LogP contribution in [0.15, 0.2) is 52.9 Å². The second-order valence-electron chi connectivity index (χ2n) is 7.11. The van der Waals surface area contributed by atoms with Gasteiger partial charge < -0.3 is 4.90 Å². The molecule has 3 aromatic rings. The molecular weight excluding hydrogens is 484 g/mol. The molecule has 2 amide bonds. The molecule has 2 heterocycles. The summed E-state index contributed by atoms with van der Waals surface area (Å²) in [5.74, 6) is 1.29. The molecule has 1 atom stereocenters. The number of hydrogen-bond acceptors (Lipinski definition) is 7. The van der Waals surface area contributed by atoms with Gasteiger partial charge >= 0.3 is 0 Å². The highest BCUT2D eigenvalue weighted by Crippen LogP contribution is 2.39. The van der Waals surface area contributed by atoms with Gasteiger partial charge in [0, 0.05) is 22.9 Å². The van der Waals surface area contributed by atoms with Gasteiger partial charge in [0.2, 0.25) is 11.0 Å². The maximum Gasteiger partial charge on any atom is 0.257 e. The van der Waals surface area contributed by atoms with Gasteiger partial charge in [0.05, 0.1) is 5.75 Å². The van der Waals surface area contributed by atoms with Gasteiger partial charge in [-0.3, -0.25) is 14.9 Å². The molecule has 32 heavy (non-hydrogen) atoms. The first-order valence-electron chi connectivity index (χ1n) is 10.1. The van der Waals surface area contributed by atoms with Gasteiger partial charge in [-0.15, -0.1) is 22.0 Å². The summed E-state index contributed by atoms with van der Waals surface area (Å²) in [5.41, 5.74) is 2.55. The SMILES string of the molecule is CCCSc1nnc(NC(=O)c2ccc([C@@H]3SCC(=O)N3Cc3ccc(Cl)cc3)cc2)s1. The fourth-order valence-corrected chi connectivity index (χ4v) is 6.15. The van der Waals surface area contributed by atoms with Crippen LogP contribution >= 0.6 is 46.5 Å². The number of carbonyl (C=O) groups is 2. The average Bonchev–Trinajstić information content (AvgIpc) is 3.40. The summed E-state index contributed by atoms with van der Waals surface area (Å²) in [7, 11) is 0. The van der Waals surface area contributed by atoms with Gasteiger partial charge in [-0.1, -0.05) is 65.9 Å². The lowest BCUT2D eigenvalue weighted by Gasteiger charge is -2.24. The molecule has 1 N–H and O–H groups in total. The van der Waals surface area contributed by atoms with Crippen molar-refractivity contribution < 1.29 is 9.59 Å². The summed E-state index contributed by atoms with van der Waals surface area (Å²) >= 11 is 10.6. The van der Waals surface area contributed by atoms with Crippen molar-refractivity contribution in [2.24, 2.45) is 0 Å². The lowest BCUT2D eigenvalue weighted by Crippen LogP contribution is -2.27. The number of carbonyl (C=O) groups excluding carboxylic acids is 2. The molecule has 6 nitrogen and oxygen atoms in total. The Kier molecular flexibility index (Phi) is 7.72. The van der Waals surface area contributed by atoms with Crippen molar-refractivity contribution in [3.63, 3.8) is 0 Å². The smallest absolute Gasteiger partial charge is 0.257 e. The molecule has 1 aromatic heterocycles. The maximum absolute atomic E-state index is 12.6. The Hall–Kier alpha value is -2.07. The van der Waals surface area contributed by atoms with Crippen LogP contribution in [0.1, 0.15) is 40.2 Å². The Morgan fingerprint density at radius 1 is 1.19 bits per heavy atom. The molecule has 2 aromatic carbocycles. The molecule has 1 aliphatic rings. The third-order valence-electron chi connectivity index (χ3n) is 4.75. The van der Waals surface area contributed by atoms with Crippen LogP contribution in [0.5, 0.6) is 0 Å². The number of thioether (sulfide) groups is 2. The van der Waals surface area contributed by atoms with Crippen molar-refractivity contribution in [2.45, 2.75) is 29.6 Å². The zero-order valence-corrected chi connectivity index (χ0v) is 20.5. The Morgan fingerprint density at radius 3 is 2.66 bits per heavy atom. The lowest BCUT2D eigenvalue weighted by atomic mass is 10.1. The van der Waals surface area contributed by atoms with E-state index in [9.17, 15) is 9.59 Å². The summed E-state index contributed by atoms with van der Waals surface area (Å²) in [6, 6.07) is 14.9. The molecule has 4 rings (SSSR count). The Bertz CT molecular complexity index is 1090. The average molecular weight is 505 g/mol. The number of amides is 2. The Morgan fingerprint density at radius 2 is 1.94 bits per heavy atom. The minimum Gasteiger partial charge on any atom is -0.322 e. The van der Waals surface area contributed by atoms with E-state index in [4.69, 9.17) is 11.6 Å². The molecule has 0 aliphatic carbocycles. The molecule has 0 bridgehead atoms. The standard InChI is InChI=1S/C22H21ClN4O2S3/c1-2-11-30-22-26-25-21(32-22)24-19(29)15-5-7-16(8-6-15)20-27(18(28)13-31-20)12-14-3-9-17(23)10-4-14/h3-10,20H,2,11-13H2,1H3,(H,24,25,29)/t20-/m0/s1. The zero-order chi connectivity index (χ0) is 22.5. The van der Waals surface area contributed by atoms with E-state index in [0.29, 0.717) is 28.0 Å². The van der Waals surface area contributed by atoms with E-state index in [1.54, 1.807) is 35.7 Å². The van der Waals surface area contributed by atoms with Crippen molar-refractivity contribution >= 4 is 63.4 Å². The lowest BCUT2D eigenvalue weighted by molar-refractivity contribution is -0.128. The first-order valence-corrected chi connectivity index (χ1v) is 13.3. The summed E-state index contributed by atoms with van der Waals surface area (Å²) < 4.78 is 0.848. The predicted octanol–water partition coefficient (Wildman–Crippen LogP) is 5.72. The summed E-state index contributed by atoms with van der Waals surface area (Å²) in [5, 5.41) is 12.0. The Balaban J connectivity index is 1.41. The minimum absolute atomic E-state index is 0.0865. The van der Waals surface area contributed by atoms with Crippen LogP contribution in [0.2, 0.25) is 5.02 Å². The van der Waals surface area contributed by atoms with Crippen molar-refractivity contribution in [3.05, 3.63) is 70.2 Å². The van der Waals surface area contributed by atoms with Crippen molar-refractivity contribution in [3.8, 4) is 0 Å². The second kappa shape index (κ2) is 10.7. The molecule has 1 fully saturated rings. The van der Waals surface area contributed by atoms with E-state index in [-0.39, 0.29) is 17.2 Å². The molecule has 10 heteroatoms. The van der Waals surface area contributed by atoms with E-state index in [2.05, 4.69) is 22.4 Å².